The zero-order valence-corrected chi connectivity index (χ0v) is 12.0. The summed E-state index contributed by atoms with van der Waals surface area (Å²) in [5, 5.41) is 57.0. The molecule has 0 saturated heterocycles. The molecule has 0 fully saturated rings. The molecule has 0 saturated carbocycles. The van der Waals surface area contributed by atoms with Crippen molar-refractivity contribution in [2.45, 2.75) is 0 Å². The van der Waals surface area contributed by atoms with Gasteiger partial charge in [-0.25, -0.2) is 0 Å². The third-order valence-corrected chi connectivity index (χ3v) is 3.15. The molecule has 2 rings (SSSR count). The summed E-state index contributed by atoms with van der Waals surface area (Å²) >= 11 is 0. The van der Waals surface area contributed by atoms with Crippen molar-refractivity contribution in [1.82, 2.24) is 0 Å². The van der Waals surface area contributed by atoms with Crippen LogP contribution in [0, 0.1) is 11.3 Å². The Morgan fingerprint density at radius 3 is 2.26 bits per heavy atom. The number of ether oxygens (including phenoxy) is 1. The van der Waals surface area contributed by atoms with Gasteiger partial charge >= 0.3 is 0 Å². The normalized spacial score (nSPS) is 11.0. The van der Waals surface area contributed by atoms with Crippen molar-refractivity contribution in [2.75, 3.05) is 7.11 Å². The van der Waals surface area contributed by atoms with Gasteiger partial charge in [0.25, 0.3) is 0 Å². The summed E-state index contributed by atoms with van der Waals surface area (Å²) in [6.07, 6.45) is 1.30. The van der Waals surface area contributed by atoms with Crippen molar-refractivity contribution in [1.29, 1.82) is 5.26 Å². The Labute approximate surface area is 131 Å². The second kappa shape index (κ2) is 6.07. The number of hydrogen-bond acceptors (Lipinski definition) is 7. The first-order valence-electron chi connectivity index (χ1n) is 6.35. The van der Waals surface area contributed by atoms with Crippen molar-refractivity contribution in [3.63, 3.8) is 0 Å². The predicted molar refractivity (Wildman–Crippen MR) is 81.2 cm³/mol. The van der Waals surface area contributed by atoms with E-state index in [1.54, 1.807) is 0 Å². The molecule has 2 aromatic rings. The SMILES string of the molecule is COc1c(/C=C(/C#N)c2ccc(O)c(O)c2)cc(O)c(O)c1O. The minimum atomic E-state index is -0.736. The summed E-state index contributed by atoms with van der Waals surface area (Å²) < 4.78 is 4.97. The predicted octanol–water partition coefficient (Wildman–Crippen LogP) is 2.29. The van der Waals surface area contributed by atoms with E-state index in [2.05, 4.69) is 0 Å². The van der Waals surface area contributed by atoms with Crippen LogP contribution in [0.25, 0.3) is 11.6 Å². The Hall–Kier alpha value is -3.53. The number of hydrogen-bond donors (Lipinski definition) is 5. The molecule has 0 heterocycles. The molecule has 0 spiro atoms. The minimum absolute atomic E-state index is 0.0723. The zero-order valence-electron chi connectivity index (χ0n) is 12.0. The molecule has 0 radical (unpaired) electrons. The van der Waals surface area contributed by atoms with Crippen LogP contribution in [0.1, 0.15) is 11.1 Å². The van der Waals surface area contributed by atoms with Crippen molar-refractivity contribution >= 4 is 11.6 Å². The van der Waals surface area contributed by atoms with Crippen molar-refractivity contribution in [3.8, 4) is 40.6 Å². The van der Waals surface area contributed by atoms with Crippen LogP contribution in [0.4, 0.5) is 0 Å². The molecule has 0 amide bonds. The lowest BCUT2D eigenvalue weighted by Gasteiger charge is -2.11. The third-order valence-electron chi connectivity index (χ3n) is 3.15. The topological polar surface area (TPSA) is 134 Å². The summed E-state index contributed by atoms with van der Waals surface area (Å²) in [5.41, 5.74) is 0.518. The van der Waals surface area contributed by atoms with Gasteiger partial charge in [-0.1, -0.05) is 0 Å². The van der Waals surface area contributed by atoms with E-state index >= 15 is 0 Å². The van der Waals surface area contributed by atoms with Crippen molar-refractivity contribution in [3.05, 3.63) is 35.4 Å². The maximum absolute atomic E-state index is 9.78. The highest BCUT2D eigenvalue weighted by molar-refractivity contribution is 5.92. The zero-order chi connectivity index (χ0) is 17.1. The van der Waals surface area contributed by atoms with Crippen LogP contribution < -0.4 is 4.74 Å². The molecule has 0 aliphatic heterocycles. The first-order chi connectivity index (χ1) is 10.9. The van der Waals surface area contributed by atoms with E-state index in [0.717, 1.165) is 6.07 Å². The average molecular weight is 315 g/mol. The van der Waals surface area contributed by atoms with Crippen molar-refractivity contribution in [2.24, 2.45) is 0 Å². The van der Waals surface area contributed by atoms with Crippen LogP contribution >= 0.6 is 0 Å². The Balaban J connectivity index is 2.63. The van der Waals surface area contributed by atoms with Gasteiger partial charge in [0, 0.05) is 5.56 Å². The van der Waals surface area contributed by atoms with Gasteiger partial charge < -0.3 is 30.3 Å². The first-order valence-corrected chi connectivity index (χ1v) is 6.35. The molecule has 0 bridgehead atoms. The lowest BCUT2D eigenvalue weighted by atomic mass is 10.0. The Morgan fingerprint density at radius 1 is 1.00 bits per heavy atom. The number of nitrogens with zero attached hydrogens (tertiary/aromatic N) is 1. The fourth-order valence-electron chi connectivity index (χ4n) is 2.00. The van der Waals surface area contributed by atoms with Crippen LogP contribution in [-0.4, -0.2) is 32.6 Å². The number of phenols is 5. The number of allylic oxidation sites excluding steroid dienone is 1. The summed E-state index contributed by atoms with van der Waals surface area (Å²) in [7, 11) is 1.25. The van der Waals surface area contributed by atoms with E-state index in [1.165, 1.54) is 31.4 Å². The molecular formula is C16H13NO6. The lowest BCUT2D eigenvalue weighted by molar-refractivity contribution is 0.335. The van der Waals surface area contributed by atoms with Gasteiger partial charge in [-0.05, 0) is 35.9 Å². The second-order valence-corrected chi connectivity index (χ2v) is 4.59. The van der Waals surface area contributed by atoms with E-state index in [4.69, 9.17) is 4.74 Å². The quantitative estimate of drug-likeness (QED) is 0.333. The number of phenolic OH excluding ortho intramolecular Hbond substituents is 5. The van der Waals surface area contributed by atoms with Crippen LogP contribution in [0.2, 0.25) is 0 Å². The Kier molecular flexibility index (Phi) is 4.18. The number of aromatic hydroxyl groups is 5. The van der Waals surface area contributed by atoms with Crippen LogP contribution in [-0.2, 0) is 0 Å². The summed E-state index contributed by atoms with van der Waals surface area (Å²) in [6.45, 7) is 0. The molecule has 0 aliphatic rings. The second-order valence-electron chi connectivity index (χ2n) is 4.59. The monoisotopic (exact) mass is 315 g/mol. The average Bonchev–Trinajstić information content (AvgIpc) is 2.53. The van der Waals surface area contributed by atoms with Crippen molar-refractivity contribution < 1.29 is 30.3 Å². The number of nitriles is 1. The summed E-state index contributed by atoms with van der Waals surface area (Å²) in [4.78, 5) is 0. The smallest absolute Gasteiger partial charge is 0.205 e. The third kappa shape index (κ3) is 2.91. The van der Waals surface area contributed by atoms with E-state index in [1.807, 2.05) is 6.07 Å². The number of rotatable bonds is 3. The van der Waals surface area contributed by atoms with E-state index in [9.17, 15) is 30.8 Å². The van der Waals surface area contributed by atoms with Crippen LogP contribution in [0.15, 0.2) is 24.3 Å². The van der Waals surface area contributed by atoms with Gasteiger partial charge in [-0.3, -0.25) is 0 Å². The molecule has 0 aromatic heterocycles. The molecule has 5 N–H and O–H groups in total. The number of benzene rings is 2. The largest absolute Gasteiger partial charge is 0.504 e. The fourth-order valence-corrected chi connectivity index (χ4v) is 2.00. The van der Waals surface area contributed by atoms with Gasteiger partial charge in [-0.2, -0.15) is 5.26 Å². The molecule has 23 heavy (non-hydrogen) atoms. The molecule has 2 aromatic carbocycles. The van der Waals surface area contributed by atoms with Crippen LogP contribution in [0.5, 0.6) is 34.5 Å². The molecule has 7 nitrogen and oxygen atoms in total. The highest BCUT2D eigenvalue weighted by Gasteiger charge is 2.17. The molecule has 118 valence electrons. The maximum Gasteiger partial charge on any atom is 0.205 e. The van der Waals surface area contributed by atoms with Gasteiger partial charge in [-0.15, -0.1) is 0 Å². The van der Waals surface area contributed by atoms with E-state index < -0.39 is 23.0 Å². The Bertz CT molecular complexity index is 835. The summed E-state index contributed by atoms with van der Waals surface area (Å²) in [6, 6.07) is 6.85. The van der Waals surface area contributed by atoms with E-state index in [-0.39, 0.29) is 22.6 Å². The highest BCUT2D eigenvalue weighted by atomic mass is 16.5. The van der Waals surface area contributed by atoms with Crippen LogP contribution in [0.3, 0.4) is 0 Å². The molecule has 0 unspecified atom stereocenters. The molecule has 0 atom stereocenters. The highest BCUT2D eigenvalue weighted by Crippen LogP contribution is 2.45. The first kappa shape index (κ1) is 15.9. The van der Waals surface area contributed by atoms with E-state index in [0.29, 0.717) is 5.56 Å². The van der Waals surface area contributed by atoms with Gasteiger partial charge in [0.15, 0.2) is 23.0 Å². The standard InChI is InChI=1S/C16H13NO6/c1-23-16-9(6-13(20)14(21)15(16)22)4-10(7-17)8-2-3-11(18)12(19)5-8/h2-6,18-22H,1H3/b10-4-. The van der Waals surface area contributed by atoms with Gasteiger partial charge in [0.2, 0.25) is 11.5 Å². The van der Waals surface area contributed by atoms with Gasteiger partial charge in [0.1, 0.15) is 0 Å². The lowest BCUT2D eigenvalue weighted by Crippen LogP contribution is -1.90. The molecule has 7 heteroatoms. The van der Waals surface area contributed by atoms with Gasteiger partial charge in [0.05, 0.1) is 18.8 Å². The molecular weight excluding hydrogens is 302 g/mol. The maximum atomic E-state index is 9.78. The number of methoxy groups -OCH3 is 1. The minimum Gasteiger partial charge on any atom is -0.504 e. The molecule has 0 aliphatic carbocycles. The summed E-state index contributed by atoms with van der Waals surface area (Å²) in [5.74, 6) is -2.84. The fraction of sp³-hybridized carbons (Fsp3) is 0.0625. The Morgan fingerprint density at radius 2 is 1.70 bits per heavy atom.